The van der Waals surface area contributed by atoms with Crippen molar-refractivity contribution in [2.45, 2.75) is 26.3 Å². The first-order valence-corrected chi connectivity index (χ1v) is 5.68. The smallest absolute Gasteiger partial charge is 0.0297 e. The van der Waals surface area contributed by atoms with E-state index in [1.54, 1.807) is 0 Å². The van der Waals surface area contributed by atoms with Crippen molar-refractivity contribution in [2.75, 3.05) is 0 Å². The zero-order valence-electron chi connectivity index (χ0n) is 8.53. The highest BCUT2D eigenvalue weighted by Gasteiger charge is 2.07. The van der Waals surface area contributed by atoms with Crippen LogP contribution in [0.3, 0.4) is 0 Å². The summed E-state index contributed by atoms with van der Waals surface area (Å²) in [5.74, 6) is 0.661. The van der Waals surface area contributed by atoms with E-state index >= 15 is 0 Å². The molecule has 0 aromatic heterocycles. The van der Waals surface area contributed by atoms with Crippen molar-refractivity contribution in [3.05, 3.63) is 33.4 Å². The maximum atomic E-state index is 6.04. The average Bonchev–Trinajstić information content (AvgIpc) is 2.04. The van der Waals surface area contributed by atoms with Gasteiger partial charge in [0.15, 0.2) is 0 Å². The lowest BCUT2D eigenvalue weighted by atomic mass is 9.98. The van der Waals surface area contributed by atoms with Crippen LogP contribution in [0.25, 0.3) is 0 Å². The maximum absolute atomic E-state index is 6.04. The Labute approximate surface area is 106 Å². The molecule has 0 aliphatic rings. The molecule has 3 heteroatoms. The summed E-state index contributed by atoms with van der Waals surface area (Å²) >= 11 is 2.30. The van der Waals surface area contributed by atoms with E-state index in [0.717, 1.165) is 6.42 Å². The molecule has 0 spiro atoms. The van der Waals surface area contributed by atoms with Crippen molar-refractivity contribution in [1.82, 2.24) is 0 Å². The van der Waals surface area contributed by atoms with E-state index in [2.05, 4.69) is 60.7 Å². The number of benzene rings is 1. The van der Waals surface area contributed by atoms with Gasteiger partial charge in [-0.3, -0.25) is 0 Å². The van der Waals surface area contributed by atoms with Crippen molar-refractivity contribution in [1.29, 1.82) is 0 Å². The van der Waals surface area contributed by atoms with E-state index in [4.69, 9.17) is 5.73 Å². The van der Waals surface area contributed by atoms with Crippen LogP contribution in [-0.2, 0) is 0 Å². The molecular formula is C11H17ClIN. The molecule has 0 radical (unpaired) electrons. The summed E-state index contributed by atoms with van der Waals surface area (Å²) in [5, 5.41) is 0. The minimum atomic E-state index is 0. The lowest BCUT2D eigenvalue weighted by Crippen LogP contribution is -2.12. The summed E-state index contributed by atoms with van der Waals surface area (Å²) in [6, 6.07) is 8.65. The van der Waals surface area contributed by atoms with E-state index in [0.29, 0.717) is 5.92 Å². The normalized spacial score (nSPS) is 12.4. The van der Waals surface area contributed by atoms with Crippen LogP contribution in [0, 0.1) is 9.49 Å². The predicted molar refractivity (Wildman–Crippen MR) is 72.8 cm³/mol. The second kappa shape index (κ2) is 6.64. The highest BCUT2D eigenvalue weighted by Crippen LogP contribution is 2.19. The monoisotopic (exact) mass is 325 g/mol. The Morgan fingerprint density at radius 3 is 2.14 bits per heavy atom. The Morgan fingerprint density at radius 2 is 1.71 bits per heavy atom. The lowest BCUT2D eigenvalue weighted by Gasteiger charge is -2.14. The molecule has 1 atom stereocenters. The Bertz CT molecular complexity index is 258. The third-order valence-electron chi connectivity index (χ3n) is 2.02. The molecular weight excluding hydrogens is 308 g/mol. The summed E-state index contributed by atoms with van der Waals surface area (Å²) in [6.07, 6.45) is 1.06. The van der Waals surface area contributed by atoms with Gasteiger partial charge in [-0.05, 0) is 52.6 Å². The van der Waals surface area contributed by atoms with Gasteiger partial charge >= 0.3 is 0 Å². The standard InChI is InChI=1S/C11H16IN.ClH/c1-8(2)7-11(13)9-3-5-10(12)6-4-9;/h3-6,8,11H,7,13H2,1-2H3;1H/t11-;/m1./s1. The lowest BCUT2D eigenvalue weighted by molar-refractivity contribution is 0.510. The van der Waals surface area contributed by atoms with Crippen molar-refractivity contribution in [2.24, 2.45) is 11.7 Å². The first-order chi connectivity index (χ1) is 6.09. The van der Waals surface area contributed by atoms with Gasteiger partial charge in [0.05, 0.1) is 0 Å². The van der Waals surface area contributed by atoms with Crippen LogP contribution >= 0.6 is 35.0 Å². The predicted octanol–water partition coefficient (Wildman–Crippen LogP) is 3.76. The molecule has 0 amide bonds. The Balaban J connectivity index is 0.00000169. The SMILES string of the molecule is CC(C)C[C@@H](N)c1ccc(I)cc1.Cl. The quantitative estimate of drug-likeness (QED) is 0.841. The molecule has 80 valence electrons. The molecule has 0 fully saturated rings. The van der Waals surface area contributed by atoms with E-state index in [9.17, 15) is 0 Å². The molecule has 0 saturated heterocycles. The Morgan fingerprint density at radius 1 is 1.21 bits per heavy atom. The molecule has 1 rings (SSSR count). The van der Waals surface area contributed by atoms with Gasteiger partial charge in [-0.15, -0.1) is 12.4 Å². The van der Waals surface area contributed by atoms with Crippen LogP contribution in [0.15, 0.2) is 24.3 Å². The van der Waals surface area contributed by atoms with Crippen molar-refractivity contribution >= 4 is 35.0 Å². The molecule has 0 saturated carbocycles. The fourth-order valence-corrected chi connectivity index (χ4v) is 1.71. The zero-order valence-corrected chi connectivity index (χ0v) is 11.5. The average molecular weight is 326 g/mol. The van der Waals surface area contributed by atoms with Crippen LogP contribution in [-0.4, -0.2) is 0 Å². The largest absolute Gasteiger partial charge is 0.324 e. The zero-order chi connectivity index (χ0) is 9.84. The van der Waals surface area contributed by atoms with Gasteiger partial charge in [0, 0.05) is 9.61 Å². The second-order valence-corrected chi connectivity index (χ2v) is 5.03. The van der Waals surface area contributed by atoms with Crippen LogP contribution in [0.1, 0.15) is 31.9 Å². The molecule has 1 aromatic carbocycles. The molecule has 0 heterocycles. The second-order valence-electron chi connectivity index (χ2n) is 3.79. The Hall–Kier alpha value is 0.200. The maximum Gasteiger partial charge on any atom is 0.0297 e. The molecule has 1 aromatic rings. The van der Waals surface area contributed by atoms with Gasteiger partial charge in [0.1, 0.15) is 0 Å². The topological polar surface area (TPSA) is 26.0 Å². The molecule has 2 N–H and O–H groups in total. The summed E-state index contributed by atoms with van der Waals surface area (Å²) in [5.41, 5.74) is 7.29. The number of rotatable bonds is 3. The minimum absolute atomic E-state index is 0. The van der Waals surface area contributed by atoms with Gasteiger partial charge in [-0.2, -0.15) is 0 Å². The van der Waals surface area contributed by atoms with E-state index < -0.39 is 0 Å². The Kier molecular flexibility index (Phi) is 6.74. The molecule has 0 unspecified atom stereocenters. The van der Waals surface area contributed by atoms with Gasteiger partial charge in [0.25, 0.3) is 0 Å². The third kappa shape index (κ3) is 4.62. The fourth-order valence-electron chi connectivity index (χ4n) is 1.35. The number of nitrogens with two attached hydrogens (primary N) is 1. The van der Waals surface area contributed by atoms with Crippen molar-refractivity contribution in [3.8, 4) is 0 Å². The van der Waals surface area contributed by atoms with E-state index in [-0.39, 0.29) is 18.4 Å². The van der Waals surface area contributed by atoms with Crippen molar-refractivity contribution in [3.63, 3.8) is 0 Å². The number of hydrogen-bond donors (Lipinski definition) is 1. The van der Waals surface area contributed by atoms with Crippen LogP contribution in [0.2, 0.25) is 0 Å². The van der Waals surface area contributed by atoms with E-state index in [1.807, 2.05) is 0 Å². The third-order valence-corrected chi connectivity index (χ3v) is 2.74. The summed E-state index contributed by atoms with van der Waals surface area (Å²) in [6.45, 7) is 4.40. The van der Waals surface area contributed by atoms with Gasteiger partial charge in [0.2, 0.25) is 0 Å². The van der Waals surface area contributed by atoms with Gasteiger partial charge < -0.3 is 5.73 Å². The molecule has 0 bridgehead atoms. The fraction of sp³-hybridized carbons (Fsp3) is 0.455. The van der Waals surface area contributed by atoms with E-state index in [1.165, 1.54) is 9.13 Å². The molecule has 0 aliphatic carbocycles. The number of halogens is 2. The molecule has 0 aliphatic heterocycles. The van der Waals surface area contributed by atoms with Gasteiger partial charge in [-0.25, -0.2) is 0 Å². The first kappa shape index (κ1) is 14.2. The summed E-state index contributed by atoms with van der Waals surface area (Å²) < 4.78 is 1.26. The summed E-state index contributed by atoms with van der Waals surface area (Å²) in [7, 11) is 0. The first-order valence-electron chi connectivity index (χ1n) is 4.60. The van der Waals surface area contributed by atoms with Crippen LogP contribution in [0.4, 0.5) is 0 Å². The van der Waals surface area contributed by atoms with Crippen LogP contribution < -0.4 is 5.73 Å². The molecule has 1 nitrogen and oxygen atoms in total. The van der Waals surface area contributed by atoms with Crippen molar-refractivity contribution < 1.29 is 0 Å². The highest BCUT2D eigenvalue weighted by molar-refractivity contribution is 14.1. The van der Waals surface area contributed by atoms with Crippen LogP contribution in [0.5, 0.6) is 0 Å². The number of hydrogen-bond acceptors (Lipinski definition) is 1. The molecule has 14 heavy (non-hydrogen) atoms. The highest BCUT2D eigenvalue weighted by atomic mass is 127. The minimum Gasteiger partial charge on any atom is -0.324 e. The summed E-state index contributed by atoms with van der Waals surface area (Å²) in [4.78, 5) is 0. The van der Waals surface area contributed by atoms with Gasteiger partial charge in [-0.1, -0.05) is 26.0 Å².